The van der Waals surface area contributed by atoms with E-state index in [1.807, 2.05) is 19.2 Å². The Kier molecular flexibility index (Phi) is 3.04. The second-order valence-corrected chi connectivity index (χ2v) is 4.56. The molecule has 1 aromatic carbocycles. The fraction of sp³-hybridized carbons (Fsp3) is 0.133. The summed E-state index contributed by atoms with van der Waals surface area (Å²) >= 11 is 0. The van der Waals surface area contributed by atoms with E-state index in [1.165, 1.54) is 17.3 Å². The summed E-state index contributed by atoms with van der Waals surface area (Å²) in [6, 6.07) is 8.93. The van der Waals surface area contributed by atoms with Crippen LogP contribution in [0.1, 0.15) is 26.3 Å². The summed E-state index contributed by atoms with van der Waals surface area (Å²) in [6.07, 6.45) is 2.95. The van der Waals surface area contributed by atoms with Crippen LogP contribution < -0.4 is 10.2 Å². The summed E-state index contributed by atoms with van der Waals surface area (Å²) in [5, 5.41) is 3.05. The molecule has 0 atom stereocenters. The van der Waals surface area contributed by atoms with Gasteiger partial charge in [0.05, 0.1) is 16.8 Å². The van der Waals surface area contributed by atoms with Gasteiger partial charge in [0.15, 0.2) is 0 Å². The smallest absolute Gasteiger partial charge is 0.267 e. The first-order chi connectivity index (χ1) is 9.72. The molecule has 5 heteroatoms. The number of imide groups is 1. The van der Waals surface area contributed by atoms with Crippen molar-refractivity contribution >= 4 is 17.5 Å². The molecule has 5 nitrogen and oxygen atoms in total. The number of hydrogen-bond acceptors (Lipinski definition) is 4. The van der Waals surface area contributed by atoms with Crippen LogP contribution in [0.3, 0.4) is 0 Å². The summed E-state index contributed by atoms with van der Waals surface area (Å²) in [7, 11) is 1.87. The number of nitrogens with one attached hydrogen (secondary N) is 1. The van der Waals surface area contributed by atoms with E-state index in [0.29, 0.717) is 16.8 Å². The Labute approximate surface area is 116 Å². The Balaban J connectivity index is 1.96. The predicted molar refractivity (Wildman–Crippen MR) is 74.6 cm³/mol. The predicted octanol–water partition coefficient (Wildman–Crippen LogP) is 1.60. The topological polar surface area (TPSA) is 62.3 Å². The summed E-state index contributed by atoms with van der Waals surface area (Å²) in [5.74, 6) is -0.617. The molecule has 0 aliphatic carbocycles. The molecule has 1 N–H and O–H groups in total. The van der Waals surface area contributed by atoms with Crippen LogP contribution >= 0.6 is 0 Å². The second-order valence-electron chi connectivity index (χ2n) is 4.56. The van der Waals surface area contributed by atoms with Gasteiger partial charge in [-0.05, 0) is 30.8 Å². The fourth-order valence-electron chi connectivity index (χ4n) is 2.29. The summed E-state index contributed by atoms with van der Waals surface area (Å²) < 4.78 is 0. The molecule has 20 heavy (non-hydrogen) atoms. The zero-order valence-electron chi connectivity index (χ0n) is 11.0. The van der Waals surface area contributed by atoms with Crippen molar-refractivity contribution in [1.82, 2.24) is 10.3 Å². The second kappa shape index (κ2) is 4.86. The summed E-state index contributed by atoms with van der Waals surface area (Å²) in [6.45, 7) is 0.742. The maximum absolute atomic E-state index is 12.3. The molecule has 0 bridgehead atoms. The number of hydrogen-bond donors (Lipinski definition) is 1. The van der Waals surface area contributed by atoms with Crippen LogP contribution in [0.15, 0.2) is 42.7 Å². The van der Waals surface area contributed by atoms with Crippen LogP contribution in [-0.4, -0.2) is 23.8 Å². The number of nitrogens with zero attached hydrogens (tertiary/aromatic N) is 2. The molecular weight excluding hydrogens is 254 g/mol. The van der Waals surface area contributed by atoms with Crippen molar-refractivity contribution in [2.75, 3.05) is 11.9 Å². The molecule has 1 aliphatic rings. The van der Waals surface area contributed by atoms with Crippen LogP contribution in [0.5, 0.6) is 0 Å². The lowest BCUT2D eigenvalue weighted by atomic mass is 10.2. The first-order valence-corrected chi connectivity index (χ1v) is 6.28. The lowest BCUT2D eigenvalue weighted by Gasteiger charge is -2.14. The van der Waals surface area contributed by atoms with Crippen molar-refractivity contribution in [3.63, 3.8) is 0 Å². The number of anilines is 1. The quantitative estimate of drug-likeness (QED) is 0.858. The Hall–Kier alpha value is -2.53. The van der Waals surface area contributed by atoms with E-state index in [4.69, 9.17) is 0 Å². The third-order valence-corrected chi connectivity index (χ3v) is 3.26. The lowest BCUT2D eigenvalue weighted by molar-refractivity contribution is 0.0926. The Morgan fingerprint density at radius 2 is 1.75 bits per heavy atom. The average Bonchev–Trinajstić information content (AvgIpc) is 2.73. The van der Waals surface area contributed by atoms with Crippen molar-refractivity contribution in [3.8, 4) is 0 Å². The number of carbonyl (C=O) groups is 2. The molecule has 0 spiro atoms. The van der Waals surface area contributed by atoms with Crippen LogP contribution in [-0.2, 0) is 6.54 Å². The highest BCUT2D eigenvalue weighted by Crippen LogP contribution is 2.27. The number of benzene rings is 1. The average molecular weight is 267 g/mol. The fourth-order valence-corrected chi connectivity index (χ4v) is 2.29. The van der Waals surface area contributed by atoms with E-state index >= 15 is 0 Å². The minimum Gasteiger partial charge on any atom is -0.316 e. The third kappa shape index (κ3) is 1.88. The van der Waals surface area contributed by atoms with Crippen LogP contribution in [0.25, 0.3) is 0 Å². The maximum atomic E-state index is 12.3. The van der Waals surface area contributed by atoms with Gasteiger partial charge in [0, 0.05) is 18.9 Å². The Morgan fingerprint density at radius 1 is 1.05 bits per heavy atom. The molecule has 2 aromatic rings. The van der Waals surface area contributed by atoms with E-state index in [9.17, 15) is 9.59 Å². The minimum absolute atomic E-state index is 0.297. The van der Waals surface area contributed by atoms with E-state index < -0.39 is 0 Å². The van der Waals surface area contributed by atoms with Crippen molar-refractivity contribution in [3.05, 3.63) is 59.4 Å². The SMILES string of the molecule is CNCc1ccc(N2C(=O)c3ccncc3C2=O)cc1. The highest BCUT2D eigenvalue weighted by molar-refractivity contribution is 6.34. The molecule has 0 radical (unpaired) electrons. The molecular formula is C15H13N3O2. The summed E-state index contributed by atoms with van der Waals surface area (Å²) in [4.78, 5) is 29.6. The van der Waals surface area contributed by atoms with Gasteiger partial charge >= 0.3 is 0 Å². The molecule has 3 rings (SSSR count). The number of carbonyl (C=O) groups excluding carboxylic acids is 2. The number of amides is 2. The molecule has 1 aromatic heterocycles. The van der Waals surface area contributed by atoms with Crippen LogP contribution in [0, 0.1) is 0 Å². The molecule has 1 aliphatic heterocycles. The van der Waals surface area contributed by atoms with Gasteiger partial charge in [-0.1, -0.05) is 12.1 Å². The number of aromatic nitrogens is 1. The standard InChI is InChI=1S/C15H13N3O2/c1-16-8-10-2-4-11(5-3-10)18-14(19)12-6-7-17-9-13(12)15(18)20/h2-7,9,16H,8H2,1H3. The first kappa shape index (κ1) is 12.5. The monoisotopic (exact) mass is 267 g/mol. The van der Waals surface area contributed by atoms with Crippen molar-refractivity contribution in [2.24, 2.45) is 0 Å². The van der Waals surface area contributed by atoms with Crippen LogP contribution in [0.4, 0.5) is 5.69 Å². The van der Waals surface area contributed by atoms with E-state index in [1.54, 1.807) is 18.2 Å². The van der Waals surface area contributed by atoms with Crippen molar-refractivity contribution < 1.29 is 9.59 Å². The first-order valence-electron chi connectivity index (χ1n) is 6.28. The highest BCUT2D eigenvalue weighted by Gasteiger charge is 2.36. The molecule has 2 amide bonds. The highest BCUT2D eigenvalue weighted by atomic mass is 16.2. The van der Waals surface area contributed by atoms with Gasteiger partial charge in [0.2, 0.25) is 0 Å². The number of pyridine rings is 1. The Bertz CT molecular complexity index is 645. The van der Waals surface area contributed by atoms with E-state index in [2.05, 4.69) is 10.3 Å². The van der Waals surface area contributed by atoms with Gasteiger partial charge in [-0.15, -0.1) is 0 Å². The van der Waals surface area contributed by atoms with E-state index in [-0.39, 0.29) is 11.8 Å². The molecule has 0 saturated heterocycles. The minimum atomic E-state index is -0.320. The summed E-state index contributed by atoms with van der Waals surface area (Å²) in [5.41, 5.74) is 2.44. The number of rotatable bonds is 3. The molecule has 0 saturated carbocycles. The van der Waals surface area contributed by atoms with Gasteiger partial charge in [-0.2, -0.15) is 0 Å². The van der Waals surface area contributed by atoms with Gasteiger partial charge < -0.3 is 5.32 Å². The maximum Gasteiger partial charge on any atom is 0.267 e. The van der Waals surface area contributed by atoms with Gasteiger partial charge in [-0.3, -0.25) is 14.6 Å². The zero-order valence-corrected chi connectivity index (χ0v) is 11.0. The van der Waals surface area contributed by atoms with Crippen LogP contribution in [0.2, 0.25) is 0 Å². The molecule has 0 fully saturated rings. The van der Waals surface area contributed by atoms with E-state index in [0.717, 1.165) is 12.1 Å². The molecule has 0 unspecified atom stereocenters. The van der Waals surface area contributed by atoms with Gasteiger partial charge in [0.25, 0.3) is 11.8 Å². The number of fused-ring (bicyclic) bond motifs is 1. The van der Waals surface area contributed by atoms with Gasteiger partial charge in [-0.25, -0.2) is 4.90 Å². The molecule has 2 heterocycles. The van der Waals surface area contributed by atoms with Crippen molar-refractivity contribution in [2.45, 2.75) is 6.54 Å². The largest absolute Gasteiger partial charge is 0.316 e. The molecule has 100 valence electrons. The Morgan fingerprint density at radius 3 is 2.40 bits per heavy atom. The third-order valence-electron chi connectivity index (χ3n) is 3.26. The zero-order chi connectivity index (χ0) is 14.1. The lowest BCUT2D eigenvalue weighted by Crippen LogP contribution is -2.29. The normalized spacial score (nSPS) is 13.8. The van der Waals surface area contributed by atoms with Gasteiger partial charge in [0.1, 0.15) is 0 Å². The van der Waals surface area contributed by atoms with Crippen molar-refractivity contribution in [1.29, 1.82) is 0 Å².